The predicted octanol–water partition coefficient (Wildman–Crippen LogP) is 19.5. The molecule has 0 aromatic heterocycles. The third-order valence-corrected chi connectivity index (χ3v) is 9.92. The van der Waals surface area contributed by atoms with E-state index in [1.807, 2.05) is 60.7 Å². The van der Waals surface area contributed by atoms with Crippen molar-refractivity contribution in [2.75, 3.05) is 0 Å². The maximum atomic E-state index is 2.49. The van der Waals surface area contributed by atoms with Crippen LogP contribution >= 0.6 is 0 Å². The smallest absolute Gasteiger partial charge is 0 e. The fourth-order valence-corrected chi connectivity index (χ4v) is 7.67. The molecule has 0 nitrogen and oxygen atoms in total. The largest absolute Gasteiger partial charge is 0.358 e. The molecule has 2 aliphatic rings. The van der Waals surface area contributed by atoms with Crippen LogP contribution in [-0.4, -0.2) is 0 Å². The van der Waals surface area contributed by atoms with Crippen molar-refractivity contribution in [3.8, 4) is 0 Å². The van der Waals surface area contributed by atoms with E-state index in [9.17, 15) is 0 Å². The summed E-state index contributed by atoms with van der Waals surface area (Å²) in [6.45, 7) is 18.7. The summed E-state index contributed by atoms with van der Waals surface area (Å²) >= 11 is 0. The number of benzene rings is 2. The molecule has 63 heavy (non-hydrogen) atoms. The maximum Gasteiger partial charge on any atom is 0 e. The van der Waals surface area contributed by atoms with Gasteiger partial charge in [-0.05, 0) is 41.9 Å². The zero-order valence-electron chi connectivity index (χ0n) is 45.5. The Morgan fingerprint density at radius 3 is 1.16 bits per heavy atom. The van der Waals surface area contributed by atoms with Crippen molar-refractivity contribution < 1.29 is 51.7 Å². The van der Waals surface area contributed by atoms with Gasteiger partial charge in [0.05, 0.1) is 0 Å². The first-order valence-electron chi connectivity index (χ1n) is 18.1. The van der Waals surface area contributed by atoms with E-state index >= 15 is 0 Å². The van der Waals surface area contributed by atoms with Crippen molar-refractivity contribution in [2.24, 2.45) is 10.8 Å². The van der Waals surface area contributed by atoms with E-state index in [1.54, 1.807) is 27.8 Å². The number of hydrogen-bond acceptors (Lipinski definition) is 0. The van der Waals surface area contributed by atoms with E-state index in [2.05, 4.69) is 104 Å². The summed E-state index contributed by atoms with van der Waals surface area (Å²) in [5.41, 5.74) is 10.5. The fourth-order valence-electron chi connectivity index (χ4n) is 7.67. The van der Waals surface area contributed by atoms with Crippen molar-refractivity contribution in [1.29, 1.82) is 0 Å². The number of hydrogen-bond donors (Lipinski definition) is 0. The quantitative estimate of drug-likeness (QED) is 0.0938. The first kappa shape index (κ1) is 91.5. The molecule has 6 aromatic rings. The van der Waals surface area contributed by atoms with Gasteiger partial charge >= 0.3 is 0 Å². The van der Waals surface area contributed by atoms with Crippen LogP contribution in [0.4, 0.5) is 0 Å². The molecule has 0 N–H and O–H groups in total. The summed E-state index contributed by atoms with van der Waals surface area (Å²) < 4.78 is 0. The zero-order valence-corrected chi connectivity index (χ0v) is 52.7. The van der Waals surface area contributed by atoms with Gasteiger partial charge < -0.3 is 104 Å². The molecule has 0 saturated heterocycles. The molecule has 370 valence electrons. The van der Waals surface area contributed by atoms with Crippen LogP contribution < -0.4 is 0 Å². The van der Waals surface area contributed by atoms with Gasteiger partial charge in [-0.15, -0.1) is 69.1 Å². The Kier molecular flexibility index (Phi) is 58.7. The van der Waals surface area contributed by atoms with Crippen LogP contribution in [0.25, 0.3) is 21.5 Å². The molecule has 0 bridgehead atoms. The molecule has 0 amide bonds. The molecule has 2 heteroatoms. The van der Waals surface area contributed by atoms with Crippen LogP contribution in [0.5, 0.6) is 0 Å². The number of rotatable bonds is 4. The Morgan fingerprint density at radius 2 is 0.825 bits per heavy atom. The van der Waals surface area contributed by atoms with Gasteiger partial charge in [0.25, 0.3) is 0 Å². The molecular formula is C61H100Hf2-18. The standard InChI is InChI=1S/C19H25.C18H23.2C5H5.14CH3.2Hf/c1-4-5-6-7-14-8-9-15-10-16-12-19(2,3)13-17(16)11-18(14)15;1-17(2,3)16-7-6-12-8-13-10-18(4,5)11-14(13)9-15(12)16;2*1-2-4-5-3-1;;;;;;;;;;;;;;;;/h8-11H,4-7,12-13H2,1-3H3;6-9H,10-11H2,1-5H3;2*1-5H;14*1H3;;/q18*-1;;. The monoisotopic (exact) mass is 1190 g/mol. The van der Waals surface area contributed by atoms with E-state index in [-0.39, 0.29) is 161 Å². The summed E-state index contributed by atoms with van der Waals surface area (Å²) in [6, 6.07) is 39.1. The van der Waals surface area contributed by atoms with E-state index in [1.165, 1.54) is 78.5 Å². The predicted molar refractivity (Wildman–Crippen MR) is 297 cm³/mol. The molecule has 8 rings (SSSR count). The molecule has 0 saturated carbocycles. The Morgan fingerprint density at radius 1 is 0.492 bits per heavy atom. The number of unbranched alkanes of at least 4 members (excludes halogenated alkanes) is 2. The third-order valence-electron chi connectivity index (χ3n) is 9.92. The normalized spacial score (nSPS) is 11.6. The van der Waals surface area contributed by atoms with E-state index in [0.29, 0.717) is 10.8 Å². The van der Waals surface area contributed by atoms with Gasteiger partial charge in [0.1, 0.15) is 0 Å². The number of aryl methyl sites for hydroxylation is 1. The molecule has 6 aromatic carbocycles. The summed E-state index contributed by atoms with van der Waals surface area (Å²) in [4.78, 5) is 0. The average Bonchev–Trinajstić information content (AvgIpc) is 3.82. The summed E-state index contributed by atoms with van der Waals surface area (Å²) in [5.74, 6) is 0. The molecule has 0 radical (unpaired) electrons. The Hall–Kier alpha value is -1.90. The van der Waals surface area contributed by atoms with Crippen LogP contribution in [0, 0.1) is 115 Å². The Balaban J connectivity index is -0.0000000558. The van der Waals surface area contributed by atoms with Crippen molar-refractivity contribution in [1.82, 2.24) is 0 Å². The first-order valence-corrected chi connectivity index (χ1v) is 18.1. The minimum absolute atomic E-state index is 0. The molecule has 0 unspecified atom stereocenters. The van der Waals surface area contributed by atoms with Gasteiger partial charge in [-0.3, -0.25) is 0 Å². The molecule has 0 aliphatic heterocycles. The van der Waals surface area contributed by atoms with Gasteiger partial charge in [0, 0.05) is 51.7 Å². The zero-order chi connectivity index (χ0) is 33.7. The van der Waals surface area contributed by atoms with Crippen LogP contribution in [-0.2, 0) is 89.2 Å². The fraction of sp³-hybridized carbons (Fsp3) is 0.311. The first-order chi connectivity index (χ1) is 22.4. The van der Waals surface area contributed by atoms with Crippen molar-refractivity contribution in [3.05, 3.63) is 247 Å². The van der Waals surface area contributed by atoms with E-state index in [0.717, 1.165) is 0 Å². The second kappa shape index (κ2) is 40.4. The number of fused-ring (bicyclic) bond motifs is 4. The van der Waals surface area contributed by atoms with Gasteiger partial charge in [0.2, 0.25) is 0 Å². The SMILES string of the molecule is CC1(C)Cc2cc3cc[c-](C(C)(C)C)c3cc2C1.CCCCC[c-]1ccc2cc3c(cc21)CC(C)(C)C3.[CH3-].[CH3-].[CH3-].[CH3-].[CH3-].[CH3-].[CH3-].[CH3-].[CH3-].[CH3-].[CH3-].[CH3-].[CH3-].[CH3-].[Hf].[Hf].c1cc[cH-]c1.c1cc[cH-]c1. The summed E-state index contributed by atoms with van der Waals surface area (Å²) in [6.07, 6.45) is 10.2. The van der Waals surface area contributed by atoms with Crippen LogP contribution in [0.3, 0.4) is 0 Å². The molecule has 2 aliphatic carbocycles. The van der Waals surface area contributed by atoms with Gasteiger partial charge in [0.15, 0.2) is 0 Å². The molecule has 0 spiro atoms. The van der Waals surface area contributed by atoms with Gasteiger partial charge in [-0.1, -0.05) is 103 Å². The average molecular weight is 1190 g/mol. The second-order valence-corrected chi connectivity index (χ2v) is 16.7. The van der Waals surface area contributed by atoms with Crippen molar-refractivity contribution in [3.63, 3.8) is 0 Å². The van der Waals surface area contributed by atoms with Crippen molar-refractivity contribution in [2.45, 2.75) is 112 Å². The molecular weight excluding hydrogens is 1090 g/mol. The minimum Gasteiger partial charge on any atom is -0.358 e. The topological polar surface area (TPSA) is 0 Å². The Bertz CT molecular complexity index is 1750. The van der Waals surface area contributed by atoms with E-state index < -0.39 is 0 Å². The van der Waals surface area contributed by atoms with Crippen molar-refractivity contribution >= 4 is 21.5 Å². The summed E-state index contributed by atoms with van der Waals surface area (Å²) in [7, 11) is 0. The third kappa shape index (κ3) is 25.6. The van der Waals surface area contributed by atoms with Crippen LogP contribution in [0.2, 0.25) is 0 Å². The van der Waals surface area contributed by atoms with Crippen LogP contribution in [0.15, 0.2) is 109 Å². The van der Waals surface area contributed by atoms with E-state index in [4.69, 9.17) is 0 Å². The minimum atomic E-state index is 0. The Labute approximate surface area is 439 Å². The van der Waals surface area contributed by atoms with Gasteiger partial charge in [-0.25, -0.2) is 24.3 Å². The maximum absolute atomic E-state index is 2.49. The van der Waals surface area contributed by atoms with Gasteiger partial charge in [-0.2, -0.15) is 48.5 Å². The second-order valence-electron chi connectivity index (χ2n) is 16.7. The van der Waals surface area contributed by atoms with Crippen LogP contribution in [0.1, 0.15) is 108 Å². The molecule has 0 atom stereocenters. The summed E-state index contributed by atoms with van der Waals surface area (Å²) in [5, 5.41) is 5.88. The molecule has 0 heterocycles. The molecule has 0 fully saturated rings.